The lowest BCUT2D eigenvalue weighted by atomic mass is 10.2. The van der Waals surface area contributed by atoms with E-state index >= 15 is 0 Å². The lowest BCUT2D eigenvalue weighted by Gasteiger charge is -2.25. The van der Waals surface area contributed by atoms with E-state index < -0.39 is 0 Å². The molecule has 0 aromatic rings. The molecule has 2 aliphatic rings. The van der Waals surface area contributed by atoms with E-state index in [1.165, 1.54) is 25.7 Å². The van der Waals surface area contributed by atoms with Crippen LogP contribution in [0.25, 0.3) is 0 Å². The number of morpholine rings is 1. The Morgan fingerprint density at radius 1 is 1.17 bits per heavy atom. The maximum Gasteiger partial charge on any atom is 0.254 e. The quantitative estimate of drug-likeness (QED) is 0.606. The van der Waals surface area contributed by atoms with Crippen molar-refractivity contribution >= 4 is 11.6 Å². The van der Waals surface area contributed by atoms with E-state index in [1.54, 1.807) is 0 Å². The van der Waals surface area contributed by atoms with Crippen LogP contribution in [0.15, 0.2) is 5.10 Å². The number of hydrazone groups is 1. The third-order valence-electron chi connectivity index (χ3n) is 3.49. The van der Waals surface area contributed by atoms with Crippen molar-refractivity contribution in [2.45, 2.75) is 38.5 Å². The average molecular weight is 253 g/mol. The van der Waals surface area contributed by atoms with Crippen LogP contribution in [0.4, 0.5) is 0 Å². The van der Waals surface area contributed by atoms with Gasteiger partial charge in [0.25, 0.3) is 5.91 Å². The minimum absolute atomic E-state index is 0.00588. The Bertz CT molecular complexity index is 289. The van der Waals surface area contributed by atoms with Crippen molar-refractivity contribution in [3.63, 3.8) is 0 Å². The normalized spacial score (nSPS) is 22.3. The summed E-state index contributed by atoms with van der Waals surface area (Å²) in [7, 11) is 0. The van der Waals surface area contributed by atoms with Gasteiger partial charge < -0.3 is 4.74 Å². The highest BCUT2D eigenvalue weighted by molar-refractivity contribution is 5.86. The molecule has 2 fully saturated rings. The first kappa shape index (κ1) is 13.5. The second kappa shape index (κ2) is 7.48. The van der Waals surface area contributed by atoms with Gasteiger partial charge in [0.05, 0.1) is 19.8 Å². The van der Waals surface area contributed by atoms with Crippen LogP contribution in [-0.2, 0) is 9.53 Å². The average Bonchev–Trinajstić information content (AvgIpc) is 2.66. The van der Waals surface area contributed by atoms with Gasteiger partial charge in [0.15, 0.2) is 0 Å². The van der Waals surface area contributed by atoms with Gasteiger partial charge in [0, 0.05) is 18.8 Å². The van der Waals surface area contributed by atoms with Crippen molar-refractivity contribution in [2.75, 3.05) is 32.8 Å². The summed E-state index contributed by atoms with van der Waals surface area (Å²) in [6, 6.07) is 0. The molecule has 0 radical (unpaired) electrons. The van der Waals surface area contributed by atoms with Crippen LogP contribution in [0.3, 0.4) is 0 Å². The first-order chi connectivity index (χ1) is 8.84. The number of nitrogens with one attached hydrogen (secondary N) is 1. The van der Waals surface area contributed by atoms with Crippen LogP contribution in [0.2, 0.25) is 0 Å². The van der Waals surface area contributed by atoms with Crippen molar-refractivity contribution in [1.82, 2.24) is 10.3 Å². The molecule has 5 heteroatoms. The molecule has 5 nitrogen and oxygen atoms in total. The summed E-state index contributed by atoms with van der Waals surface area (Å²) in [4.78, 5) is 13.8. The molecule has 1 amide bonds. The monoisotopic (exact) mass is 253 g/mol. The fourth-order valence-electron chi connectivity index (χ4n) is 2.39. The van der Waals surface area contributed by atoms with Gasteiger partial charge in [-0.05, 0) is 25.7 Å². The van der Waals surface area contributed by atoms with E-state index in [-0.39, 0.29) is 5.91 Å². The van der Waals surface area contributed by atoms with E-state index in [4.69, 9.17) is 4.74 Å². The third-order valence-corrected chi connectivity index (χ3v) is 3.49. The van der Waals surface area contributed by atoms with Crippen LogP contribution < -0.4 is 5.43 Å². The minimum atomic E-state index is -0.00588. The molecule has 1 aliphatic carbocycles. The fourth-order valence-corrected chi connectivity index (χ4v) is 2.39. The number of hydrogen-bond donors (Lipinski definition) is 1. The number of nitrogens with zero attached hydrogens (tertiary/aromatic N) is 2. The second-order valence-electron chi connectivity index (χ2n) is 5.02. The number of ether oxygens (including phenoxy) is 1. The van der Waals surface area contributed by atoms with Crippen molar-refractivity contribution < 1.29 is 9.53 Å². The molecule has 18 heavy (non-hydrogen) atoms. The van der Waals surface area contributed by atoms with Gasteiger partial charge in [0.2, 0.25) is 0 Å². The molecule has 1 aliphatic heterocycles. The standard InChI is InChI=1S/C13H23N3O2/c17-13(11-16-7-9-18-10-8-16)15-14-12-5-3-1-2-4-6-12/h1-11H2,(H,15,17). The van der Waals surface area contributed by atoms with E-state index in [0.29, 0.717) is 6.54 Å². The molecule has 0 aromatic carbocycles. The number of rotatable bonds is 3. The number of carbonyl (C=O) groups excluding carboxylic acids is 1. The zero-order valence-electron chi connectivity index (χ0n) is 11.0. The van der Waals surface area contributed by atoms with Crippen LogP contribution >= 0.6 is 0 Å². The van der Waals surface area contributed by atoms with Crippen LogP contribution in [-0.4, -0.2) is 49.4 Å². The van der Waals surface area contributed by atoms with E-state index in [0.717, 1.165) is 44.9 Å². The molecule has 1 N–H and O–H groups in total. The summed E-state index contributed by atoms with van der Waals surface area (Å²) in [5, 5.41) is 4.27. The van der Waals surface area contributed by atoms with E-state index in [2.05, 4.69) is 15.4 Å². The van der Waals surface area contributed by atoms with Gasteiger partial charge in [-0.25, -0.2) is 5.43 Å². The highest BCUT2D eigenvalue weighted by Gasteiger charge is 2.14. The molecule has 2 rings (SSSR count). The van der Waals surface area contributed by atoms with Gasteiger partial charge in [-0.1, -0.05) is 12.8 Å². The summed E-state index contributed by atoms with van der Waals surface area (Å²) >= 11 is 0. The summed E-state index contributed by atoms with van der Waals surface area (Å²) in [6.45, 7) is 3.55. The maximum absolute atomic E-state index is 11.7. The van der Waals surface area contributed by atoms with Crippen LogP contribution in [0.5, 0.6) is 0 Å². The lowest BCUT2D eigenvalue weighted by Crippen LogP contribution is -2.42. The van der Waals surface area contributed by atoms with Gasteiger partial charge in [0.1, 0.15) is 0 Å². The Hall–Kier alpha value is -0.940. The van der Waals surface area contributed by atoms with Crippen molar-refractivity contribution in [3.05, 3.63) is 0 Å². The molecule has 0 spiro atoms. The second-order valence-corrected chi connectivity index (χ2v) is 5.02. The first-order valence-electron chi connectivity index (χ1n) is 6.99. The molecule has 102 valence electrons. The Kier molecular flexibility index (Phi) is 5.61. The predicted molar refractivity (Wildman–Crippen MR) is 70.5 cm³/mol. The van der Waals surface area contributed by atoms with Gasteiger partial charge in [-0.3, -0.25) is 9.69 Å². The van der Waals surface area contributed by atoms with Gasteiger partial charge >= 0.3 is 0 Å². The Balaban J connectivity index is 1.71. The maximum atomic E-state index is 11.7. The Morgan fingerprint density at radius 2 is 1.83 bits per heavy atom. The van der Waals surface area contributed by atoms with Crippen molar-refractivity contribution in [2.24, 2.45) is 5.10 Å². The third kappa shape index (κ3) is 4.74. The highest BCUT2D eigenvalue weighted by Crippen LogP contribution is 2.14. The summed E-state index contributed by atoms with van der Waals surface area (Å²) < 4.78 is 5.25. The Morgan fingerprint density at radius 3 is 2.50 bits per heavy atom. The van der Waals surface area contributed by atoms with E-state index in [9.17, 15) is 4.79 Å². The molecule has 0 atom stereocenters. The summed E-state index contributed by atoms with van der Waals surface area (Å²) in [5.41, 5.74) is 3.85. The lowest BCUT2D eigenvalue weighted by molar-refractivity contribution is -0.123. The SMILES string of the molecule is O=C(CN1CCOCC1)NN=C1CCCCCC1. The number of hydrogen-bond acceptors (Lipinski definition) is 4. The molecule has 1 saturated heterocycles. The highest BCUT2D eigenvalue weighted by atomic mass is 16.5. The molecular formula is C13H23N3O2. The zero-order chi connectivity index (χ0) is 12.6. The topological polar surface area (TPSA) is 53.9 Å². The van der Waals surface area contributed by atoms with Gasteiger partial charge in [-0.2, -0.15) is 5.10 Å². The van der Waals surface area contributed by atoms with Crippen molar-refractivity contribution in [1.29, 1.82) is 0 Å². The number of carbonyl (C=O) groups is 1. The minimum Gasteiger partial charge on any atom is -0.379 e. The van der Waals surface area contributed by atoms with Crippen LogP contribution in [0, 0.1) is 0 Å². The van der Waals surface area contributed by atoms with Crippen molar-refractivity contribution in [3.8, 4) is 0 Å². The molecule has 1 heterocycles. The summed E-state index contributed by atoms with van der Waals surface area (Å²) in [5.74, 6) is -0.00588. The number of amides is 1. The Labute approximate surface area is 109 Å². The smallest absolute Gasteiger partial charge is 0.254 e. The first-order valence-corrected chi connectivity index (χ1v) is 6.99. The largest absolute Gasteiger partial charge is 0.379 e. The molecular weight excluding hydrogens is 230 g/mol. The fraction of sp³-hybridized carbons (Fsp3) is 0.846. The molecule has 0 aromatic heterocycles. The summed E-state index contributed by atoms with van der Waals surface area (Å²) in [6.07, 6.45) is 7.08. The van der Waals surface area contributed by atoms with Gasteiger partial charge in [-0.15, -0.1) is 0 Å². The predicted octanol–water partition coefficient (Wildman–Crippen LogP) is 1.15. The van der Waals surface area contributed by atoms with E-state index in [1.807, 2.05) is 0 Å². The molecule has 0 bridgehead atoms. The van der Waals surface area contributed by atoms with Crippen LogP contribution in [0.1, 0.15) is 38.5 Å². The molecule has 1 saturated carbocycles. The molecule has 0 unspecified atom stereocenters. The zero-order valence-corrected chi connectivity index (χ0v) is 11.0.